The fourth-order valence-corrected chi connectivity index (χ4v) is 3.59. The van der Waals surface area contributed by atoms with Crippen molar-refractivity contribution in [2.45, 2.75) is 19.3 Å². The number of pyridine rings is 1. The Balaban J connectivity index is 1.71. The molecule has 1 aliphatic rings. The third-order valence-corrected chi connectivity index (χ3v) is 4.78. The van der Waals surface area contributed by atoms with Crippen LogP contribution in [-0.4, -0.2) is 18.1 Å². The summed E-state index contributed by atoms with van der Waals surface area (Å²) in [5.74, 6) is 2.01. The van der Waals surface area contributed by atoms with Gasteiger partial charge in [0.15, 0.2) is 0 Å². The molecule has 0 aromatic carbocycles. The van der Waals surface area contributed by atoms with Crippen LogP contribution in [0, 0.1) is 11.8 Å². The van der Waals surface area contributed by atoms with Crippen molar-refractivity contribution >= 4 is 21.4 Å². The van der Waals surface area contributed by atoms with Crippen LogP contribution in [0.5, 0.6) is 5.88 Å². The number of nitrogens with two attached hydrogens (primary N) is 1. The molecule has 2 heterocycles. The van der Waals surface area contributed by atoms with Crippen LogP contribution in [0.4, 0.5) is 0 Å². The molecule has 0 radical (unpaired) electrons. The van der Waals surface area contributed by atoms with Crippen LogP contribution in [0.25, 0.3) is 10.1 Å². The molecule has 18 heavy (non-hydrogen) atoms. The summed E-state index contributed by atoms with van der Waals surface area (Å²) < 4.78 is 7.17. The summed E-state index contributed by atoms with van der Waals surface area (Å²) in [7, 11) is 0. The van der Waals surface area contributed by atoms with Crippen molar-refractivity contribution in [1.82, 2.24) is 4.98 Å². The first-order valence-electron chi connectivity index (χ1n) is 6.53. The molecule has 4 heteroatoms. The number of nitrogens with zero attached hydrogens (tertiary/aromatic N) is 1. The Hall–Kier alpha value is -1.13. The summed E-state index contributed by atoms with van der Waals surface area (Å²) in [4.78, 5) is 4.34. The Labute approximate surface area is 111 Å². The molecular formula is C14H18N2OS. The fraction of sp³-hybridized carbons (Fsp3) is 0.500. The van der Waals surface area contributed by atoms with E-state index in [4.69, 9.17) is 10.5 Å². The lowest BCUT2D eigenvalue weighted by atomic mass is 9.97. The van der Waals surface area contributed by atoms with Gasteiger partial charge in [-0.15, -0.1) is 11.3 Å². The van der Waals surface area contributed by atoms with Gasteiger partial charge in [-0.05, 0) is 48.7 Å². The molecule has 1 aliphatic carbocycles. The van der Waals surface area contributed by atoms with Crippen LogP contribution in [0.1, 0.15) is 19.3 Å². The monoisotopic (exact) mass is 262 g/mol. The van der Waals surface area contributed by atoms with E-state index in [1.54, 1.807) is 11.3 Å². The van der Waals surface area contributed by atoms with Crippen LogP contribution in [0.2, 0.25) is 0 Å². The van der Waals surface area contributed by atoms with Crippen molar-refractivity contribution in [3.8, 4) is 5.88 Å². The van der Waals surface area contributed by atoms with Gasteiger partial charge in [0.25, 0.3) is 0 Å². The van der Waals surface area contributed by atoms with Gasteiger partial charge in [-0.25, -0.2) is 4.98 Å². The molecule has 3 nitrogen and oxygen atoms in total. The largest absolute Gasteiger partial charge is 0.477 e. The maximum Gasteiger partial charge on any atom is 0.222 e. The molecular weight excluding hydrogens is 244 g/mol. The summed E-state index contributed by atoms with van der Waals surface area (Å²) in [6.45, 7) is 1.54. The average Bonchev–Trinajstić information content (AvgIpc) is 3.04. The van der Waals surface area contributed by atoms with E-state index in [2.05, 4.69) is 16.4 Å². The van der Waals surface area contributed by atoms with Crippen molar-refractivity contribution < 1.29 is 4.74 Å². The van der Waals surface area contributed by atoms with Gasteiger partial charge in [0, 0.05) is 10.9 Å². The zero-order valence-electron chi connectivity index (χ0n) is 10.3. The van der Waals surface area contributed by atoms with Gasteiger partial charge >= 0.3 is 0 Å². The van der Waals surface area contributed by atoms with Crippen LogP contribution in [-0.2, 0) is 0 Å². The smallest absolute Gasteiger partial charge is 0.222 e. The number of hydrogen-bond acceptors (Lipinski definition) is 4. The summed E-state index contributed by atoms with van der Waals surface area (Å²) >= 11 is 1.72. The first-order valence-corrected chi connectivity index (χ1v) is 7.41. The second kappa shape index (κ2) is 5.24. The summed E-state index contributed by atoms with van der Waals surface area (Å²) in [6.07, 6.45) is 5.59. The zero-order valence-corrected chi connectivity index (χ0v) is 11.2. The Morgan fingerprint density at radius 1 is 1.33 bits per heavy atom. The van der Waals surface area contributed by atoms with Gasteiger partial charge in [0.2, 0.25) is 5.88 Å². The van der Waals surface area contributed by atoms with Gasteiger partial charge < -0.3 is 10.5 Å². The van der Waals surface area contributed by atoms with E-state index in [1.807, 2.05) is 12.3 Å². The number of rotatable bonds is 4. The molecule has 1 fully saturated rings. The van der Waals surface area contributed by atoms with Crippen molar-refractivity contribution in [1.29, 1.82) is 0 Å². The average molecular weight is 262 g/mol. The summed E-state index contributed by atoms with van der Waals surface area (Å²) in [5.41, 5.74) is 5.80. The van der Waals surface area contributed by atoms with E-state index in [0.29, 0.717) is 11.8 Å². The van der Waals surface area contributed by atoms with Crippen LogP contribution < -0.4 is 10.5 Å². The molecule has 2 aromatic rings. The molecule has 2 aromatic heterocycles. The predicted octanol–water partition coefficient (Wildman–Crippen LogP) is 3.05. The van der Waals surface area contributed by atoms with Crippen molar-refractivity contribution in [3.05, 3.63) is 23.7 Å². The Bertz CT molecular complexity index is 525. The minimum atomic E-state index is 0.602. The molecule has 1 saturated carbocycles. The first-order chi connectivity index (χ1) is 8.88. The van der Waals surface area contributed by atoms with Crippen molar-refractivity contribution in [2.24, 2.45) is 17.6 Å². The van der Waals surface area contributed by atoms with E-state index in [-0.39, 0.29) is 0 Å². The van der Waals surface area contributed by atoms with Crippen LogP contribution in [0.3, 0.4) is 0 Å². The van der Waals surface area contributed by atoms with Crippen LogP contribution >= 0.6 is 11.3 Å². The predicted molar refractivity (Wildman–Crippen MR) is 75.0 cm³/mol. The second-order valence-corrected chi connectivity index (χ2v) is 5.89. The highest BCUT2D eigenvalue weighted by Crippen LogP contribution is 2.33. The molecule has 2 atom stereocenters. The Kier molecular flexibility index (Phi) is 3.48. The lowest BCUT2D eigenvalue weighted by Crippen LogP contribution is -2.23. The molecule has 0 amide bonds. The molecule has 2 unspecified atom stereocenters. The lowest BCUT2D eigenvalue weighted by Gasteiger charge is -2.18. The third kappa shape index (κ3) is 2.22. The van der Waals surface area contributed by atoms with Crippen LogP contribution in [0.15, 0.2) is 23.7 Å². The zero-order chi connectivity index (χ0) is 12.4. The number of thiophene rings is 1. The van der Waals surface area contributed by atoms with E-state index >= 15 is 0 Å². The third-order valence-electron chi connectivity index (χ3n) is 3.90. The van der Waals surface area contributed by atoms with Gasteiger partial charge in [-0.3, -0.25) is 0 Å². The highest BCUT2D eigenvalue weighted by atomic mass is 32.1. The minimum Gasteiger partial charge on any atom is -0.477 e. The van der Waals surface area contributed by atoms with Crippen molar-refractivity contribution in [3.63, 3.8) is 0 Å². The molecule has 0 spiro atoms. The number of hydrogen-bond donors (Lipinski definition) is 1. The first kappa shape index (κ1) is 11.9. The maximum absolute atomic E-state index is 5.93. The molecule has 3 rings (SSSR count). The van der Waals surface area contributed by atoms with Crippen molar-refractivity contribution in [2.75, 3.05) is 13.2 Å². The molecule has 0 bridgehead atoms. The molecule has 2 N–H and O–H groups in total. The van der Waals surface area contributed by atoms with E-state index in [9.17, 15) is 0 Å². The SMILES string of the molecule is NCC1CCCC1COc1nccc2sccc12. The Morgan fingerprint density at radius 3 is 3.11 bits per heavy atom. The van der Waals surface area contributed by atoms with Gasteiger partial charge in [-0.2, -0.15) is 0 Å². The number of ether oxygens (including phenoxy) is 1. The minimum absolute atomic E-state index is 0.602. The molecule has 0 saturated heterocycles. The Morgan fingerprint density at radius 2 is 2.22 bits per heavy atom. The number of fused-ring (bicyclic) bond motifs is 1. The fourth-order valence-electron chi connectivity index (χ4n) is 2.81. The summed E-state index contributed by atoms with van der Waals surface area (Å²) in [5, 5.41) is 3.21. The molecule has 0 aliphatic heterocycles. The van der Waals surface area contributed by atoms with Gasteiger partial charge in [-0.1, -0.05) is 6.42 Å². The lowest BCUT2D eigenvalue weighted by molar-refractivity contribution is 0.212. The maximum atomic E-state index is 5.93. The van der Waals surface area contributed by atoms with Gasteiger partial charge in [0.05, 0.1) is 12.0 Å². The highest BCUT2D eigenvalue weighted by molar-refractivity contribution is 7.17. The topological polar surface area (TPSA) is 48.1 Å². The van der Waals surface area contributed by atoms with E-state index < -0.39 is 0 Å². The highest BCUT2D eigenvalue weighted by Gasteiger charge is 2.26. The number of aromatic nitrogens is 1. The molecule has 96 valence electrons. The van der Waals surface area contributed by atoms with E-state index in [0.717, 1.165) is 24.4 Å². The van der Waals surface area contributed by atoms with E-state index in [1.165, 1.54) is 24.0 Å². The normalized spacial score (nSPS) is 23.6. The standard InChI is InChI=1S/C14H18N2OS/c15-8-10-2-1-3-11(10)9-17-14-12-5-7-18-13(12)4-6-16-14/h4-7,10-11H,1-3,8-9,15H2. The quantitative estimate of drug-likeness (QED) is 0.921. The summed E-state index contributed by atoms with van der Waals surface area (Å²) in [6, 6.07) is 4.11. The second-order valence-electron chi connectivity index (χ2n) is 4.95. The van der Waals surface area contributed by atoms with Gasteiger partial charge in [0.1, 0.15) is 0 Å².